The van der Waals surface area contributed by atoms with Crippen LogP contribution in [-0.2, 0) is 24.8 Å². The molecule has 28 heavy (non-hydrogen) atoms. The number of fused-ring (bicyclic) bond motifs is 1. The zero-order valence-corrected chi connectivity index (χ0v) is 16.2. The highest BCUT2D eigenvalue weighted by Gasteiger charge is 2.19. The van der Waals surface area contributed by atoms with Crippen LogP contribution in [0.5, 0.6) is 0 Å². The highest BCUT2D eigenvalue weighted by Crippen LogP contribution is 2.25. The fraction of sp³-hybridized carbons (Fsp3) is 0.429. The van der Waals surface area contributed by atoms with Crippen molar-refractivity contribution in [3.8, 4) is 0 Å². The van der Waals surface area contributed by atoms with Crippen molar-refractivity contribution in [3.63, 3.8) is 0 Å². The van der Waals surface area contributed by atoms with Crippen molar-refractivity contribution in [3.05, 3.63) is 54.5 Å². The smallest absolute Gasteiger partial charge is 0.290 e. The van der Waals surface area contributed by atoms with E-state index in [2.05, 4.69) is 37.5 Å². The van der Waals surface area contributed by atoms with E-state index in [1.807, 2.05) is 37.1 Å². The van der Waals surface area contributed by atoms with Crippen LogP contribution in [0.4, 0.5) is 0 Å². The highest BCUT2D eigenvalue weighted by molar-refractivity contribution is 5.80. The maximum atomic E-state index is 8.36. The molecule has 3 aromatic heterocycles. The lowest BCUT2D eigenvalue weighted by Gasteiger charge is -2.20. The van der Waals surface area contributed by atoms with Crippen LogP contribution in [0.15, 0.2) is 43.1 Å². The summed E-state index contributed by atoms with van der Waals surface area (Å²) in [6.45, 7) is 3.03. The summed E-state index contributed by atoms with van der Waals surface area (Å²) >= 11 is 0. The van der Waals surface area contributed by atoms with Crippen molar-refractivity contribution in [2.75, 3.05) is 13.1 Å². The van der Waals surface area contributed by atoms with Crippen molar-refractivity contribution in [2.45, 2.75) is 32.2 Å². The van der Waals surface area contributed by atoms with Gasteiger partial charge >= 0.3 is 0 Å². The second-order valence-electron chi connectivity index (χ2n) is 7.20. The fourth-order valence-electron chi connectivity index (χ4n) is 3.87. The predicted molar refractivity (Wildman–Crippen MR) is 108 cm³/mol. The van der Waals surface area contributed by atoms with E-state index in [1.54, 1.807) is 0 Å². The summed E-state index contributed by atoms with van der Waals surface area (Å²) in [4.78, 5) is 24.1. The molecule has 1 unspecified atom stereocenters. The SMILES string of the molecule is Cn1ccnc1CN1CCCC(Cc2ccnc3ccncc23)CC1.O=CO. The van der Waals surface area contributed by atoms with Crippen LogP contribution in [0.2, 0.25) is 0 Å². The largest absolute Gasteiger partial charge is 0.483 e. The standard InChI is InChI=1S/C20H25N5.CH2O2/c1-24-12-9-23-20(24)15-25-10-2-3-16(6-11-25)13-17-4-8-22-19-5-7-21-14-18(17)19;2-1-3/h4-5,7-9,12,14,16H,2-3,6,10-11,13,15H2,1H3;1H,(H,2,3). The van der Waals surface area contributed by atoms with Gasteiger partial charge in [-0.2, -0.15) is 0 Å². The molecule has 1 N–H and O–H groups in total. The van der Waals surface area contributed by atoms with Gasteiger partial charge in [0.1, 0.15) is 5.82 Å². The van der Waals surface area contributed by atoms with Crippen LogP contribution in [0, 0.1) is 5.92 Å². The lowest BCUT2D eigenvalue weighted by Crippen LogP contribution is -2.26. The number of hydrogen-bond donors (Lipinski definition) is 1. The van der Waals surface area contributed by atoms with E-state index >= 15 is 0 Å². The first-order valence-electron chi connectivity index (χ1n) is 9.65. The van der Waals surface area contributed by atoms with E-state index in [0.29, 0.717) is 0 Å². The van der Waals surface area contributed by atoms with Crippen molar-refractivity contribution in [1.29, 1.82) is 0 Å². The molecule has 0 saturated carbocycles. The molecular formula is C21H27N5O2. The second-order valence-corrected chi connectivity index (χ2v) is 7.20. The summed E-state index contributed by atoms with van der Waals surface area (Å²) in [6.07, 6.45) is 14.5. The number of pyridine rings is 2. The normalized spacial score (nSPS) is 17.5. The molecule has 0 aliphatic carbocycles. The quantitative estimate of drug-likeness (QED) is 0.700. The topological polar surface area (TPSA) is 84.1 Å². The van der Waals surface area contributed by atoms with Gasteiger partial charge in [0.25, 0.3) is 6.47 Å². The summed E-state index contributed by atoms with van der Waals surface area (Å²) in [6, 6.07) is 4.17. The van der Waals surface area contributed by atoms with Crippen LogP contribution in [-0.4, -0.2) is 49.1 Å². The lowest BCUT2D eigenvalue weighted by atomic mass is 9.92. The number of aryl methyl sites for hydroxylation is 1. The third kappa shape index (κ3) is 5.13. The Bertz CT molecular complexity index is 890. The van der Waals surface area contributed by atoms with Crippen molar-refractivity contribution in [1.82, 2.24) is 24.4 Å². The molecule has 3 aromatic rings. The van der Waals surface area contributed by atoms with Gasteiger partial charge in [0, 0.05) is 43.4 Å². The van der Waals surface area contributed by atoms with Gasteiger partial charge in [-0.05, 0) is 62.4 Å². The fourth-order valence-corrected chi connectivity index (χ4v) is 3.87. The van der Waals surface area contributed by atoms with Gasteiger partial charge in [-0.25, -0.2) is 4.98 Å². The van der Waals surface area contributed by atoms with Crippen LogP contribution in [0.25, 0.3) is 10.9 Å². The van der Waals surface area contributed by atoms with Crippen LogP contribution >= 0.6 is 0 Å². The number of aromatic nitrogens is 4. The summed E-state index contributed by atoms with van der Waals surface area (Å²) in [5.74, 6) is 1.89. The molecule has 4 rings (SSSR count). The molecule has 148 valence electrons. The molecule has 0 aromatic carbocycles. The van der Waals surface area contributed by atoms with E-state index in [1.165, 1.54) is 36.8 Å². The monoisotopic (exact) mass is 381 g/mol. The maximum Gasteiger partial charge on any atom is 0.290 e. The molecule has 7 nitrogen and oxygen atoms in total. The molecule has 1 saturated heterocycles. The van der Waals surface area contributed by atoms with E-state index in [9.17, 15) is 0 Å². The first-order valence-corrected chi connectivity index (χ1v) is 9.65. The van der Waals surface area contributed by atoms with Gasteiger partial charge in [-0.1, -0.05) is 0 Å². The molecule has 7 heteroatoms. The number of nitrogens with zero attached hydrogens (tertiary/aromatic N) is 5. The molecule has 1 atom stereocenters. The third-order valence-corrected chi connectivity index (χ3v) is 5.37. The molecule has 1 aliphatic rings. The Morgan fingerprint density at radius 1 is 1.18 bits per heavy atom. The van der Waals surface area contributed by atoms with Crippen LogP contribution < -0.4 is 0 Å². The van der Waals surface area contributed by atoms with Crippen LogP contribution in [0.1, 0.15) is 30.7 Å². The Labute approximate surface area is 165 Å². The van der Waals surface area contributed by atoms with Gasteiger partial charge in [0.2, 0.25) is 0 Å². The van der Waals surface area contributed by atoms with E-state index in [4.69, 9.17) is 9.90 Å². The Morgan fingerprint density at radius 2 is 2.04 bits per heavy atom. The van der Waals surface area contributed by atoms with Gasteiger partial charge in [0.15, 0.2) is 0 Å². The molecule has 4 heterocycles. The average Bonchev–Trinajstić information content (AvgIpc) is 2.97. The molecule has 1 aliphatic heterocycles. The minimum atomic E-state index is -0.250. The average molecular weight is 381 g/mol. The number of hydrogen-bond acceptors (Lipinski definition) is 5. The zero-order chi connectivity index (χ0) is 19.8. The Hall–Kier alpha value is -2.80. The van der Waals surface area contributed by atoms with Crippen molar-refractivity contribution < 1.29 is 9.90 Å². The number of rotatable bonds is 4. The highest BCUT2D eigenvalue weighted by atomic mass is 16.3. The van der Waals surface area contributed by atoms with E-state index in [-0.39, 0.29) is 6.47 Å². The molecular weight excluding hydrogens is 354 g/mol. The Kier molecular flexibility index (Phi) is 7.08. The summed E-state index contributed by atoms with van der Waals surface area (Å²) in [5, 5.41) is 8.10. The Balaban J connectivity index is 0.000000706. The minimum Gasteiger partial charge on any atom is -0.483 e. The van der Waals surface area contributed by atoms with Gasteiger partial charge in [-0.15, -0.1) is 0 Å². The van der Waals surface area contributed by atoms with Gasteiger partial charge in [-0.3, -0.25) is 19.7 Å². The zero-order valence-electron chi connectivity index (χ0n) is 16.2. The maximum absolute atomic E-state index is 8.36. The lowest BCUT2D eigenvalue weighted by molar-refractivity contribution is -0.122. The first-order chi connectivity index (χ1) is 13.7. The van der Waals surface area contributed by atoms with Gasteiger partial charge < -0.3 is 9.67 Å². The molecule has 0 radical (unpaired) electrons. The molecule has 0 spiro atoms. The molecule has 1 fully saturated rings. The second kappa shape index (κ2) is 9.94. The van der Waals surface area contributed by atoms with Crippen molar-refractivity contribution >= 4 is 17.4 Å². The number of likely N-dealkylation sites (tertiary alicyclic amines) is 1. The van der Waals surface area contributed by atoms with Crippen molar-refractivity contribution in [2.24, 2.45) is 13.0 Å². The van der Waals surface area contributed by atoms with Gasteiger partial charge in [0.05, 0.1) is 12.1 Å². The third-order valence-electron chi connectivity index (χ3n) is 5.37. The van der Waals surface area contributed by atoms with E-state index < -0.39 is 0 Å². The predicted octanol–water partition coefficient (Wildman–Crippen LogP) is 2.91. The van der Waals surface area contributed by atoms with Crippen LogP contribution in [0.3, 0.4) is 0 Å². The number of carbonyl (C=O) groups is 1. The summed E-state index contributed by atoms with van der Waals surface area (Å²) in [7, 11) is 2.07. The summed E-state index contributed by atoms with van der Waals surface area (Å²) < 4.78 is 2.12. The minimum absolute atomic E-state index is 0.250. The van der Waals surface area contributed by atoms with E-state index in [0.717, 1.165) is 36.8 Å². The first kappa shape index (κ1) is 19.9. The molecule has 0 amide bonds. The number of carboxylic acid groups (broad SMARTS) is 1. The number of imidazole rings is 1. The summed E-state index contributed by atoms with van der Waals surface area (Å²) in [5.41, 5.74) is 2.44. The Morgan fingerprint density at radius 3 is 2.82 bits per heavy atom. The molecule has 0 bridgehead atoms.